The molecule has 1 amide bonds. The summed E-state index contributed by atoms with van der Waals surface area (Å²) in [5.41, 5.74) is -2.52. The first-order valence-electron chi connectivity index (χ1n) is 6.66. The fourth-order valence-electron chi connectivity index (χ4n) is 2.05. The molecule has 1 saturated heterocycles. The lowest BCUT2D eigenvalue weighted by Gasteiger charge is -2.39. The molecule has 1 aliphatic rings. The third-order valence-electron chi connectivity index (χ3n) is 3.08. The lowest BCUT2D eigenvalue weighted by Crippen LogP contribution is -2.58. The third kappa shape index (κ3) is 3.23. The maximum absolute atomic E-state index is 12.4. The topological polar surface area (TPSA) is 76.1 Å². The van der Waals surface area contributed by atoms with Crippen LogP contribution < -0.4 is 0 Å². The molecule has 0 bridgehead atoms. The van der Waals surface area contributed by atoms with Crippen LogP contribution in [-0.4, -0.2) is 46.0 Å². The van der Waals surface area contributed by atoms with Gasteiger partial charge in [0.15, 0.2) is 5.54 Å². The van der Waals surface area contributed by atoms with E-state index in [0.29, 0.717) is 0 Å². The molecule has 0 radical (unpaired) electrons. The Morgan fingerprint density at radius 1 is 1.25 bits per heavy atom. The van der Waals surface area contributed by atoms with E-state index in [1.54, 1.807) is 20.8 Å². The third-order valence-corrected chi connectivity index (χ3v) is 3.08. The van der Waals surface area contributed by atoms with Crippen molar-refractivity contribution in [2.75, 3.05) is 6.61 Å². The van der Waals surface area contributed by atoms with Gasteiger partial charge in [0.05, 0.1) is 6.61 Å². The van der Waals surface area contributed by atoms with Gasteiger partial charge < -0.3 is 14.6 Å². The van der Waals surface area contributed by atoms with Crippen molar-refractivity contribution in [3.8, 4) is 0 Å². The molecule has 0 spiro atoms. The highest BCUT2D eigenvalue weighted by Gasteiger charge is 2.56. The molecule has 20 heavy (non-hydrogen) atoms. The molecule has 0 aliphatic carbocycles. The number of nitrogens with zero attached hydrogens (tertiary/aromatic N) is 1. The summed E-state index contributed by atoms with van der Waals surface area (Å²) in [5, 5.41) is 9.44. The van der Waals surface area contributed by atoms with E-state index in [0.717, 1.165) is 0 Å². The number of rotatable bonds is 1. The van der Waals surface area contributed by atoms with Gasteiger partial charge in [0.25, 0.3) is 0 Å². The number of hydrogen-bond acceptors (Lipinski definition) is 4. The Labute approximate surface area is 120 Å². The highest BCUT2D eigenvalue weighted by Crippen LogP contribution is 2.38. The summed E-state index contributed by atoms with van der Waals surface area (Å²) in [6, 6.07) is 0. The van der Waals surface area contributed by atoms with Crippen LogP contribution in [0.4, 0.5) is 4.79 Å². The predicted octanol–water partition coefficient (Wildman–Crippen LogP) is 2.47. The molecule has 1 fully saturated rings. The Morgan fingerprint density at radius 3 is 2.10 bits per heavy atom. The van der Waals surface area contributed by atoms with Crippen LogP contribution >= 0.6 is 0 Å². The molecule has 0 aromatic heterocycles. The van der Waals surface area contributed by atoms with Crippen molar-refractivity contribution in [1.29, 1.82) is 0 Å². The maximum Gasteiger partial charge on any atom is 0.413 e. The van der Waals surface area contributed by atoms with Gasteiger partial charge in [0, 0.05) is 5.41 Å². The Kier molecular flexibility index (Phi) is 4.11. The van der Waals surface area contributed by atoms with E-state index in [1.165, 1.54) is 11.8 Å². The summed E-state index contributed by atoms with van der Waals surface area (Å²) in [4.78, 5) is 25.2. The van der Waals surface area contributed by atoms with Gasteiger partial charge in [-0.2, -0.15) is 0 Å². The molecular weight excluding hydrogens is 262 g/mol. The lowest BCUT2D eigenvalue weighted by atomic mass is 9.91. The average molecular weight is 287 g/mol. The van der Waals surface area contributed by atoms with Gasteiger partial charge >= 0.3 is 12.1 Å². The molecule has 116 valence electrons. The Balaban J connectivity index is 3.16. The van der Waals surface area contributed by atoms with Crippen molar-refractivity contribution in [3.05, 3.63) is 0 Å². The summed E-state index contributed by atoms with van der Waals surface area (Å²) in [6.07, 6.45) is -1.31. The first kappa shape index (κ1) is 16.8. The van der Waals surface area contributed by atoms with Crippen LogP contribution in [0.1, 0.15) is 48.5 Å². The number of amides is 1. The van der Waals surface area contributed by atoms with E-state index in [1.807, 2.05) is 20.8 Å². The van der Waals surface area contributed by atoms with Crippen molar-refractivity contribution < 1.29 is 24.2 Å². The van der Waals surface area contributed by atoms with Crippen molar-refractivity contribution in [2.24, 2.45) is 5.41 Å². The molecule has 0 aromatic carbocycles. The predicted molar refractivity (Wildman–Crippen MR) is 73.3 cm³/mol. The van der Waals surface area contributed by atoms with E-state index >= 15 is 0 Å². The molecule has 1 N–H and O–H groups in total. The van der Waals surface area contributed by atoms with Gasteiger partial charge in [-0.1, -0.05) is 20.8 Å². The van der Waals surface area contributed by atoms with Gasteiger partial charge in [0.2, 0.25) is 0 Å². The molecular formula is C14H25NO5. The second-order valence-corrected chi connectivity index (χ2v) is 7.46. The summed E-state index contributed by atoms with van der Waals surface area (Å²) in [5.74, 6) is -1.10. The SMILES string of the molecule is CC(C)(C)OC(=O)N1[C@H](C(C)(C)C)OC[C@]1(C)C(=O)O. The van der Waals surface area contributed by atoms with Crippen LogP contribution in [0.25, 0.3) is 0 Å². The van der Waals surface area contributed by atoms with Crippen LogP contribution in [0.3, 0.4) is 0 Å². The van der Waals surface area contributed by atoms with E-state index in [-0.39, 0.29) is 6.61 Å². The average Bonchev–Trinajstić information content (AvgIpc) is 2.54. The Hall–Kier alpha value is -1.30. The normalized spacial score (nSPS) is 27.6. The number of carboxylic acids is 1. The van der Waals surface area contributed by atoms with E-state index in [2.05, 4.69) is 0 Å². The number of carboxylic acid groups (broad SMARTS) is 1. The molecule has 2 atom stereocenters. The Bertz CT molecular complexity index is 407. The maximum atomic E-state index is 12.4. The summed E-state index contributed by atoms with van der Waals surface area (Å²) in [6.45, 7) is 12.3. The first-order valence-corrected chi connectivity index (χ1v) is 6.66. The summed E-state index contributed by atoms with van der Waals surface area (Å²) >= 11 is 0. The second kappa shape index (κ2) is 4.91. The summed E-state index contributed by atoms with van der Waals surface area (Å²) < 4.78 is 10.9. The molecule has 1 aliphatic heterocycles. The largest absolute Gasteiger partial charge is 0.479 e. The van der Waals surface area contributed by atoms with E-state index in [4.69, 9.17) is 9.47 Å². The number of hydrogen-bond donors (Lipinski definition) is 1. The van der Waals surface area contributed by atoms with Crippen molar-refractivity contribution in [1.82, 2.24) is 4.90 Å². The molecule has 0 saturated carbocycles. The fourth-order valence-corrected chi connectivity index (χ4v) is 2.05. The zero-order valence-corrected chi connectivity index (χ0v) is 13.3. The Morgan fingerprint density at radius 2 is 1.75 bits per heavy atom. The van der Waals surface area contributed by atoms with Crippen molar-refractivity contribution in [2.45, 2.75) is 65.8 Å². The van der Waals surface area contributed by atoms with Gasteiger partial charge in [-0.25, -0.2) is 9.59 Å². The molecule has 1 rings (SSSR count). The number of carbonyl (C=O) groups is 2. The van der Waals surface area contributed by atoms with E-state index in [9.17, 15) is 14.7 Å². The van der Waals surface area contributed by atoms with Gasteiger partial charge in [0.1, 0.15) is 11.8 Å². The standard InChI is InChI=1S/C14H25NO5/c1-12(2,3)9-15(11(18)20-13(4,5)6)14(7,8-19-9)10(16)17/h9H,8H2,1-7H3,(H,16,17)/t9-,14+/m0/s1. The minimum Gasteiger partial charge on any atom is -0.479 e. The van der Waals surface area contributed by atoms with Gasteiger partial charge in [-0.3, -0.25) is 4.90 Å². The van der Waals surface area contributed by atoms with Crippen LogP contribution in [0.5, 0.6) is 0 Å². The van der Waals surface area contributed by atoms with Crippen LogP contribution in [0.15, 0.2) is 0 Å². The highest BCUT2D eigenvalue weighted by atomic mass is 16.6. The van der Waals surface area contributed by atoms with Crippen molar-refractivity contribution in [3.63, 3.8) is 0 Å². The summed E-state index contributed by atoms with van der Waals surface area (Å²) in [7, 11) is 0. The van der Waals surface area contributed by atoms with Crippen LogP contribution in [0, 0.1) is 5.41 Å². The van der Waals surface area contributed by atoms with Gasteiger partial charge in [-0.15, -0.1) is 0 Å². The monoisotopic (exact) mass is 287 g/mol. The number of carbonyl (C=O) groups excluding carboxylic acids is 1. The fraction of sp³-hybridized carbons (Fsp3) is 0.857. The zero-order valence-electron chi connectivity index (χ0n) is 13.3. The molecule has 1 heterocycles. The first-order chi connectivity index (χ1) is 8.79. The smallest absolute Gasteiger partial charge is 0.413 e. The van der Waals surface area contributed by atoms with E-state index < -0.39 is 34.8 Å². The van der Waals surface area contributed by atoms with Crippen LogP contribution in [0.2, 0.25) is 0 Å². The molecule has 6 heteroatoms. The zero-order chi connectivity index (χ0) is 15.9. The van der Waals surface area contributed by atoms with Crippen molar-refractivity contribution >= 4 is 12.1 Å². The number of aliphatic carboxylic acids is 1. The minimum absolute atomic E-state index is 0.0521. The molecule has 6 nitrogen and oxygen atoms in total. The molecule has 0 unspecified atom stereocenters. The van der Waals surface area contributed by atoms with Gasteiger partial charge in [-0.05, 0) is 27.7 Å². The number of ether oxygens (including phenoxy) is 2. The second-order valence-electron chi connectivity index (χ2n) is 7.46. The highest BCUT2D eigenvalue weighted by molar-refractivity contribution is 5.85. The quantitative estimate of drug-likeness (QED) is 0.801. The lowest BCUT2D eigenvalue weighted by molar-refractivity contribution is -0.149. The van der Waals surface area contributed by atoms with Crippen LogP contribution in [-0.2, 0) is 14.3 Å². The minimum atomic E-state index is -1.42. The molecule has 0 aromatic rings.